The first-order valence-electron chi connectivity index (χ1n) is 7.12. The molecule has 1 N–H and O–H groups in total. The smallest absolute Gasteiger partial charge is 0.241 e. The number of ether oxygens (including phenoxy) is 2. The number of benzene rings is 1. The van der Waals surface area contributed by atoms with Crippen LogP contribution in [-0.2, 0) is 14.3 Å². The fourth-order valence-corrected chi connectivity index (χ4v) is 3.74. The van der Waals surface area contributed by atoms with Gasteiger partial charge in [0.1, 0.15) is 11.4 Å². The highest BCUT2D eigenvalue weighted by molar-refractivity contribution is 6.24. The van der Waals surface area contributed by atoms with E-state index in [4.69, 9.17) is 9.47 Å². The number of hydrogen-bond acceptors (Lipinski definition) is 5. The van der Waals surface area contributed by atoms with Gasteiger partial charge in [-0.05, 0) is 12.1 Å². The van der Waals surface area contributed by atoms with E-state index in [-0.39, 0.29) is 18.4 Å². The number of aliphatic hydroxyl groups is 1. The molecular formula is C16H15NO5. The highest BCUT2D eigenvalue weighted by Crippen LogP contribution is 2.52. The van der Waals surface area contributed by atoms with Crippen LogP contribution < -0.4 is 9.64 Å². The number of carbonyl (C=O) groups is 2. The number of aliphatic hydroxyl groups excluding tert-OH is 1. The van der Waals surface area contributed by atoms with Crippen molar-refractivity contribution in [2.75, 3.05) is 18.6 Å². The average molecular weight is 301 g/mol. The van der Waals surface area contributed by atoms with Crippen molar-refractivity contribution in [3.8, 4) is 5.75 Å². The highest BCUT2D eigenvalue weighted by Gasteiger charge is 2.67. The molecular weight excluding hydrogens is 286 g/mol. The maximum atomic E-state index is 12.8. The molecule has 2 saturated heterocycles. The molecule has 114 valence electrons. The van der Waals surface area contributed by atoms with Crippen LogP contribution in [0.5, 0.6) is 5.75 Å². The van der Waals surface area contributed by atoms with Crippen LogP contribution in [0.3, 0.4) is 0 Å². The standard InChI is InChI=1S/C16H15NO5/c1-21-10-5-3-2-4-9(10)17-14(19)12-11-6-7-16(8-18,22-11)13(12)15(17)20/h2-7,11-13,18H,8H2,1H3/t11-,12-,13+,16+/m1/s1. The highest BCUT2D eigenvalue weighted by atomic mass is 16.5. The third-order valence-corrected chi connectivity index (χ3v) is 4.73. The Balaban J connectivity index is 1.80. The van der Waals surface area contributed by atoms with Gasteiger partial charge in [-0.2, -0.15) is 0 Å². The molecule has 0 unspecified atom stereocenters. The summed E-state index contributed by atoms with van der Waals surface area (Å²) in [6.07, 6.45) is 3.01. The van der Waals surface area contributed by atoms with Gasteiger partial charge in [-0.15, -0.1) is 0 Å². The van der Waals surface area contributed by atoms with Crippen LogP contribution in [0.15, 0.2) is 36.4 Å². The molecule has 3 heterocycles. The summed E-state index contributed by atoms with van der Waals surface area (Å²) in [6, 6.07) is 6.90. The average Bonchev–Trinajstić information content (AvgIpc) is 3.18. The minimum Gasteiger partial charge on any atom is -0.495 e. The second-order valence-corrected chi connectivity index (χ2v) is 5.74. The van der Waals surface area contributed by atoms with E-state index in [1.54, 1.807) is 36.4 Å². The Morgan fingerprint density at radius 2 is 2.09 bits per heavy atom. The molecule has 1 aromatic rings. The summed E-state index contributed by atoms with van der Waals surface area (Å²) in [5, 5.41) is 9.67. The summed E-state index contributed by atoms with van der Waals surface area (Å²) in [4.78, 5) is 26.8. The molecule has 4 atom stereocenters. The monoisotopic (exact) mass is 301 g/mol. The molecule has 3 aliphatic heterocycles. The second-order valence-electron chi connectivity index (χ2n) is 5.74. The van der Waals surface area contributed by atoms with Gasteiger partial charge in [0.25, 0.3) is 0 Å². The van der Waals surface area contributed by atoms with E-state index in [9.17, 15) is 14.7 Å². The van der Waals surface area contributed by atoms with Crippen molar-refractivity contribution >= 4 is 17.5 Å². The molecule has 2 bridgehead atoms. The lowest BCUT2D eigenvalue weighted by atomic mass is 9.77. The fourth-order valence-electron chi connectivity index (χ4n) is 3.74. The van der Waals surface area contributed by atoms with Crippen LogP contribution in [-0.4, -0.2) is 42.3 Å². The number of nitrogens with zero attached hydrogens (tertiary/aromatic N) is 1. The van der Waals surface area contributed by atoms with Crippen molar-refractivity contribution < 1.29 is 24.2 Å². The predicted octanol–water partition coefficient (Wildman–Crippen LogP) is 0.500. The molecule has 0 aliphatic carbocycles. The van der Waals surface area contributed by atoms with E-state index in [0.29, 0.717) is 11.4 Å². The van der Waals surface area contributed by atoms with Gasteiger partial charge in [0, 0.05) is 0 Å². The molecule has 6 nitrogen and oxygen atoms in total. The van der Waals surface area contributed by atoms with Crippen LogP contribution in [0.1, 0.15) is 0 Å². The number of amides is 2. The molecule has 22 heavy (non-hydrogen) atoms. The third-order valence-electron chi connectivity index (χ3n) is 4.73. The van der Waals surface area contributed by atoms with Crippen molar-refractivity contribution in [3.63, 3.8) is 0 Å². The lowest BCUT2D eigenvalue weighted by molar-refractivity contribution is -0.128. The molecule has 0 spiro atoms. The number of para-hydroxylation sites is 2. The van der Waals surface area contributed by atoms with Crippen LogP contribution in [0.25, 0.3) is 0 Å². The Labute approximate surface area is 126 Å². The molecule has 1 aromatic carbocycles. The van der Waals surface area contributed by atoms with E-state index in [1.165, 1.54) is 12.0 Å². The number of hydrogen-bond donors (Lipinski definition) is 1. The molecule has 4 rings (SSSR count). The lowest BCUT2D eigenvalue weighted by Gasteiger charge is -2.26. The van der Waals surface area contributed by atoms with E-state index < -0.39 is 23.5 Å². The quantitative estimate of drug-likeness (QED) is 0.650. The number of imide groups is 1. The zero-order valence-electron chi connectivity index (χ0n) is 11.9. The number of carbonyl (C=O) groups excluding carboxylic acids is 2. The van der Waals surface area contributed by atoms with Gasteiger partial charge >= 0.3 is 0 Å². The molecule has 2 fully saturated rings. The van der Waals surface area contributed by atoms with Crippen molar-refractivity contribution in [2.45, 2.75) is 11.7 Å². The summed E-state index contributed by atoms with van der Waals surface area (Å²) >= 11 is 0. The first kappa shape index (κ1) is 13.5. The van der Waals surface area contributed by atoms with Gasteiger partial charge < -0.3 is 14.6 Å². The number of methoxy groups -OCH3 is 1. The predicted molar refractivity (Wildman–Crippen MR) is 76.3 cm³/mol. The number of fused-ring (bicyclic) bond motifs is 5. The van der Waals surface area contributed by atoms with E-state index >= 15 is 0 Å². The molecule has 2 amide bonds. The summed E-state index contributed by atoms with van der Waals surface area (Å²) in [6.45, 7) is -0.319. The first-order valence-corrected chi connectivity index (χ1v) is 7.12. The van der Waals surface area contributed by atoms with E-state index in [1.807, 2.05) is 0 Å². The Hall–Kier alpha value is -2.18. The van der Waals surface area contributed by atoms with Gasteiger partial charge in [-0.25, -0.2) is 4.90 Å². The normalized spacial score (nSPS) is 35.4. The maximum absolute atomic E-state index is 12.8. The summed E-state index contributed by atoms with van der Waals surface area (Å²) in [5.41, 5.74) is -0.638. The summed E-state index contributed by atoms with van der Waals surface area (Å²) in [7, 11) is 1.49. The molecule has 0 radical (unpaired) electrons. The Morgan fingerprint density at radius 1 is 1.32 bits per heavy atom. The maximum Gasteiger partial charge on any atom is 0.241 e. The lowest BCUT2D eigenvalue weighted by Crippen LogP contribution is -2.43. The number of rotatable bonds is 3. The summed E-state index contributed by atoms with van der Waals surface area (Å²) < 4.78 is 11.0. The Bertz CT molecular complexity index is 700. The Kier molecular flexibility index (Phi) is 2.70. The van der Waals surface area contributed by atoms with Crippen LogP contribution in [0.2, 0.25) is 0 Å². The third kappa shape index (κ3) is 1.46. The fraction of sp³-hybridized carbons (Fsp3) is 0.375. The van der Waals surface area contributed by atoms with Gasteiger partial charge in [-0.1, -0.05) is 24.3 Å². The van der Waals surface area contributed by atoms with Crippen LogP contribution in [0, 0.1) is 11.8 Å². The second kappa shape index (κ2) is 4.41. The zero-order chi connectivity index (χ0) is 15.5. The topological polar surface area (TPSA) is 76.1 Å². The van der Waals surface area contributed by atoms with Crippen molar-refractivity contribution in [2.24, 2.45) is 11.8 Å². The minimum atomic E-state index is -1.07. The van der Waals surface area contributed by atoms with Crippen LogP contribution >= 0.6 is 0 Å². The number of anilines is 1. The van der Waals surface area contributed by atoms with Crippen molar-refractivity contribution in [1.82, 2.24) is 0 Å². The van der Waals surface area contributed by atoms with Gasteiger partial charge in [0.15, 0.2) is 0 Å². The van der Waals surface area contributed by atoms with Gasteiger partial charge in [-0.3, -0.25) is 9.59 Å². The molecule has 0 aromatic heterocycles. The minimum absolute atomic E-state index is 0.302. The summed E-state index contributed by atoms with van der Waals surface area (Å²) in [5.74, 6) is -1.44. The van der Waals surface area contributed by atoms with Gasteiger partial charge in [0.05, 0.1) is 37.3 Å². The van der Waals surface area contributed by atoms with E-state index in [2.05, 4.69) is 0 Å². The Morgan fingerprint density at radius 3 is 2.82 bits per heavy atom. The molecule has 3 aliphatic rings. The first-order chi connectivity index (χ1) is 10.6. The molecule has 0 saturated carbocycles. The largest absolute Gasteiger partial charge is 0.495 e. The van der Waals surface area contributed by atoms with Crippen molar-refractivity contribution in [3.05, 3.63) is 36.4 Å². The van der Waals surface area contributed by atoms with Gasteiger partial charge in [0.2, 0.25) is 11.8 Å². The van der Waals surface area contributed by atoms with E-state index in [0.717, 1.165) is 0 Å². The molecule has 6 heteroatoms. The zero-order valence-corrected chi connectivity index (χ0v) is 11.9. The van der Waals surface area contributed by atoms with Crippen LogP contribution in [0.4, 0.5) is 5.69 Å². The van der Waals surface area contributed by atoms with Crippen molar-refractivity contribution in [1.29, 1.82) is 0 Å². The SMILES string of the molecule is COc1ccccc1N1C(=O)[C@H]2[C@@H](C1=O)[C@@]1(CO)C=C[C@H]2O1.